The molecule has 1 aliphatic carbocycles. The molecular formula is C26H26N6O2. The molecule has 8 heteroatoms. The van der Waals surface area contributed by atoms with E-state index in [9.17, 15) is 9.59 Å². The number of aromatic nitrogens is 5. The number of carbonyl (C=O) groups excluding carboxylic acids is 1. The Labute approximate surface area is 196 Å². The van der Waals surface area contributed by atoms with Crippen molar-refractivity contribution < 1.29 is 4.79 Å². The molecule has 1 saturated heterocycles. The topological polar surface area (TPSA) is 108 Å². The number of aromatic amines is 2. The minimum atomic E-state index is -0.475. The van der Waals surface area contributed by atoms with Crippen molar-refractivity contribution in [2.45, 2.75) is 25.7 Å². The van der Waals surface area contributed by atoms with Crippen LogP contribution in [0.1, 0.15) is 25.1 Å². The van der Waals surface area contributed by atoms with Gasteiger partial charge in [-0.25, -0.2) is 14.5 Å². The highest BCUT2D eigenvalue weighted by molar-refractivity contribution is 5.89. The fourth-order valence-corrected chi connectivity index (χ4v) is 5.07. The number of H-pyrrole nitrogens is 2. The van der Waals surface area contributed by atoms with E-state index < -0.39 is 5.41 Å². The number of rotatable bonds is 7. The Hall–Kier alpha value is -3.78. The lowest BCUT2D eigenvalue weighted by Gasteiger charge is -2.26. The Morgan fingerprint density at radius 1 is 1.03 bits per heavy atom. The molecule has 34 heavy (non-hydrogen) atoms. The molecule has 2 fully saturated rings. The lowest BCUT2D eigenvalue weighted by Crippen LogP contribution is -2.38. The Balaban J connectivity index is 1.30. The first-order chi connectivity index (χ1) is 16.6. The first-order valence-corrected chi connectivity index (χ1v) is 11.7. The molecule has 172 valence electrons. The van der Waals surface area contributed by atoms with Crippen LogP contribution in [0, 0.1) is 11.3 Å². The van der Waals surface area contributed by atoms with E-state index >= 15 is 0 Å². The quantitative estimate of drug-likeness (QED) is 0.398. The normalized spacial score (nSPS) is 20.0. The smallest absolute Gasteiger partial charge is 0.316 e. The number of Topliss-reactive ketones (excluding diaryl/α,β-unsaturated/α-hetero) is 1. The summed E-state index contributed by atoms with van der Waals surface area (Å²) in [7, 11) is 0. The van der Waals surface area contributed by atoms with E-state index in [-0.39, 0.29) is 11.6 Å². The molecular weight excluding hydrogens is 428 g/mol. The van der Waals surface area contributed by atoms with Crippen molar-refractivity contribution in [1.29, 1.82) is 0 Å². The van der Waals surface area contributed by atoms with Crippen molar-refractivity contribution in [3.8, 4) is 28.1 Å². The molecule has 8 nitrogen and oxygen atoms in total. The van der Waals surface area contributed by atoms with Crippen LogP contribution in [0.2, 0.25) is 0 Å². The van der Waals surface area contributed by atoms with Gasteiger partial charge in [0.05, 0.1) is 11.4 Å². The summed E-state index contributed by atoms with van der Waals surface area (Å²) in [5, 5.41) is 17.3. The molecule has 0 unspecified atom stereocenters. The lowest BCUT2D eigenvalue weighted by molar-refractivity contribution is -0.129. The summed E-state index contributed by atoms with van der Waals surface area (Å²) in [4.78, 5) is 25.8. The third-order valence-corrected chi connectivity index (χ3v) is 7.09. The maximum absolute atomic E-state index is 13.1. The van der Waals surface area contributed by atoms with Gasteiger partial charge in [-0.15, -0.1) is 0 Å². The van der Waals surface area contributed by atoms with Crippen LogP contribution in [0.15, 0.2) is 65.6 Å². The van der Waals surface area contributed by atoms with Gasteiger partial charge in [0.15, 0.2) is 0 Å². The zero-order valence-electron chi connectivity index (χ0n) is 18.8. The monoisotopic (exact) mass is 454 g/mol. The van der Waals surface area contributed by atoms with Gasteiger partial charge in [-0.3, -0.25) is 9.89 Å². The highest BCUT2D eigenvalue weighted by Crippen LogP contribution is 2.42. The molecule has 1 atom stereocenters. The van der Waals surface area contributed by atoms with Gasteiger partial charge in [0.1, 0.15) is 11.6 Å². The van der Waals surface area contributed by atoms with Crippen LogP contribution in [-0.2, 0) is 11.2 Å². The van der Waals surface area contributed by atoms with Gasteiger partial charge in [-0.05, 0) is 61.2 Å². The van der Waals surface area contributed by atoms with Crippen LogP contribution in [-0.4, -0.2) is 43.8 Å². The molecule has 3 N–H and O–H groups in total. The van der Waals surface area contributed by atoms with Crippen molar-refractivity contribution in [2.24, 2.45) is 11.3 Å². The predicted octanol–water partition coefficient (Wildman–Crippen LogP) is 3.12. The summed E-state index contributed by atoms with van der Waals surface area (Å²) in [6.07, 6.45) is 4.95. The highest BCUT2D eigenvalue weighted by Gasteiger charge is 2.48. The number of nitrogens with one attached hydrogen (secondary N) is 3. The van der Waals surface area contributed by atoms with E-state index in [0.717, 1.165) is 53.9 Å². The summed E-state index contributed by atoms with van der Waals surface area (Å²) in [5.74, 6) is 1.11. The molecule has 0 bridgehead atoms. The van der Waals surface area contributed by atoms with Crippen molar-refractivity contribution in [3.05, 3.63) is 77.1 Å². The second-order valence-electron chi connectivity index (χ2n) is 9.40. The third kappa shape index (κ3) is 3.70. The van der Waals surface area contributed by atoms with Crippen LogP contribution < -0.4 is 11.0 Å². The number of hydrogen-bond acceptors (Lipinski definition) is 5. The van der Waals surface area contributed by atoms with Gasteiger partial charge in [0.25, 0.3) is 0 Å². The first-order valence-electron chi connectivity index (χ1n) is 11.7. The zero-order chi connectivity index (χ0) is 23.1. The van der Waals surface area contributed by atoms with Crippen LogP contribution in [0.5, 0.6) is 0 Å². The van der Waals surface area contributed by atoms with E-state index in [0.29, 0.717) is 24.6 Å². The van der Waals surface area contributed by atoms with E-state index in [4.69, 9.17) is 0 Å². The van der Waals surface area contributed by atoms with Gasteiger partial charge in [-0.2, -0.15) is 10.2 Å². The van der Waals surface area contributed by atoms with Crippen molar-refractivity contribution in [1.82, 2.24) is 30.3 Å². The first kappa shape index (κ1) is 20.8. The molecule has 6 rings (SSSR count). The van der Waals surface area contributed by atoms with E-state index in [1.807, 2.05) is 42.5 Å². The van der Waals surface area contributed by atoms with Crippen LogP contribution in [0.4, 0.5) is 0 Å². The minimum Gasteiger partial charge on any atom is -0.316 e. The lowest BCUT2D eigenvalue weighted by atomic mass is 9.77. The molecule has 0 spiro atoms. The van der Waals surface area contributed by atoms with Crippen molar-refractivity contribution in [2.75, 3.05) is 13.1 Å². The van der Waals surface area contributed by atoms with E-state index in [2.05, 4.69) is 37.8 Å². The van der Waals surface area contributed by atoms with Crippen LogP contribution >= 0.6 is 0 Å². The summed E-state index contributed by atoms with van der Waals surface area (Å²) < 4.78 is 1.60. The average Bonchev–Trinajstić information content (AvgIpc) is 3.23. The molecule has 3 heterocycles. The third-order valence-electron chi connectivity index (χ3n) is 7.09. The second kappa shape index (κ2) is 8.22. The summed E-state index contributed by atoms with van der Waals surface area (Å²) >= 11 is 0. The fraction of sp³-hybridized carbons (Fsp3) is 0.308. The molecule has 2 aliphatic rings. The fourth-order valence-electron chi connectivity index (χ4n) is 5.07. The summed E-state index contributed by atoms with van der Waals surface area (Å²) in [5.41, 5.74) is 4.11. The summed E-state index contributed by atoms with van der Waals surface area (Å²) in [6, 6.07) is 18.0. The predicted molar refractivity (Wildman–Crippen MR) is 129 cm³/mol. The largest absolute Gasteiger partial charge is 0.347 e. The molecule has 0 radical (unpaired) electrons. The van der Waals surface area contributed by atoms with Crippen molar-refractivity contribution in [3.63, 3.8) is 0 Å². The SMILES string of the molecule is O=C(C1CC1)[C@]1(Cc2n[nH]c(=O)n2-c2ccc(-c3cccc(-c4ccn[nH]4)c3)cc2)CCNC1. The number of hydrogen-bond donors (Lipinski definition) is 3. The maximum Gasteiger partial charge on any atom is 0.347 e. The molecule has 2 aromatic carbocycles. The van der Waals surface area contributed by atoms with Crippen molar-refractivity contribution >= 4 is 5.78 Å². The molecule has 1 saturated carbocycles. The van der Waals surface area contributed by atoms with Gasteiger partial charge >= 0.3 is 5.69 Å². The van der Waals surface area contributed by atoms with E-state index in [1.165, 1.54) is 0 Å². The summed E-state index contributed by atoms with van der Waals surface area (Å²) in [6.45, 7) is 1.47. The number of ketones is 1. The Morgan fingerprint density at radius 3 is 2.56 bits per heavy atom. The zero-order valence-corrected chi connectivity index (χ0v) is 18.8. The Kier molecular flexibility index (Phi) is 5.03. The van der Waals surface area contributed by atoms with E-state index in [1.54, 1.807) is 10.8 Å². The Bertz CT molecular complexity index is 1370. The molecule has 4 aromatic rings. The molecule has 2 aromatic heterocycles. The molecule has 1 aliphatic heterocycles. The minimum absolute atomic E-state index is 0.177. The van der Waals surface area contributed by atoms with Gasteiger partial charge < -0.3 is 5.32 Å². The van der Waals surface area contributed by atoms with Crippen LogP contribution in [0.3, 0.4) is 0 Å². The highest BCUT2D eigenvalue weighted by atomic mass is 16.2. The number of carbonyl (C=O) groups is 1. The van der Waals surface area contributed by atoms with Crippen LogP contribution in [0.25, 0.3) is 28.1 Å². The second-order valence-corrected chi connectivity index (χ2v) is 9.40. The standard InChI is InChI=1S/C26H26N6O2/c33-24(18-4-5-18)26(11-13-27-16-26)15-23-30-31-25(34)32(23)21-8-6-17(7-9-21)19-2-1-3-20(14-19)22-10-12-28-29-22/h1-3,6-10,12,14,18,27H,4-5,11,13,15-16H2,(H,28,29)(H,31,34)/t26-/m0/s1. The van der Waals surface area contributed by atoms with Gasteiger partial charge in [0.2, 0.25) is 0 Å². The number of nitrogens with zero attached hydrogens (tertiary/aromatic N) is 3. The Morgan fingerprint density at radius 2 is 1.85 bits per heavy atom. The van der Waals surface area contributed by atoms with Gasteiger partial charge in [-0.1, -0.05) is 30.3 Å². The number of benzene rings is 2. The van der Waals surface area contributed by atoms with Gasteiger partial charge in [0, 0.05) is 36.1 Å². The molecule has 0 amide bonds. The maximum atomic E-state index is 13.1. The average molecular weight is 455 g/mol.